The fourth-order valence-electron chi connectivity index (χ4n) is 2.41. The van der Waals surface area contributed by atoms with Crippen LogP contribution in [0.25, 0.3) is 11.0 Å². The highest BCUT2D eigenvalue weighted by molar-refractivity contribution is 14.1. The number of benzene rings is 1. The number of halogens is 2. The Balaban J connectivity index is 2.12. The van der Waals surface area contributed by atoms with Crippen LogP contribution in [0.4, 0.5) is 0 Å². The fraction of sp³-hybridized carbons (Fsp3) is 0.286. The number of imidazole rings is 1. The molecule has 0 atom stereocenters. The van der Waals surface area contributed by atoms with Gasteiger partial charge in [-0.15, -0.1) is 11.6 Å². The van der Waals surface area contributed by atoms with Crippen LogP contribution in [0.5, 0.6) is 0 Å². The van der Waals surface area contributed by atoms with E-state index in [1.54, 1.807) is 0 Å². The molecule has 2 heterocycles. The Labute approximate surface area is 135 Å². The first-order chi connectivity index (χ1) is 9.58. The van der Waals surface area contributed by atoms with E-state index in [0.717, 1.165) is 29.1 Å². The molecule has 0 aliphatic carbocycles. The van der Waals surface area contributed by atoms with Gasteiger partial charge in [0.05, 0.1) is 29.2 Å². The predicted molar refractivity (Wildman–Crippen MR) is 89.1 cm³/mol. The molecule has 0 amide bonds. The summed E-state index contributed by atoms with van der Waals surface area (Å²) in [5, 5.41) is 4.39. The largest absolute Gasteiger partial charge is 0.322 e. The van der Waals surface area contributed by atoms with Gasteiger partial charge in [-0.25, -0.2) is 4.98 Å². The minimum atomic E-state index is 0.407. The molecule has 20 heavy (non-hydrogen) atoms. The van der Waals surface area contributed by atoms with Crippen molar-refractivity contribution in [1.29, 1.82) is 0 Å². The molecule has 6 heteroatoms. The van der Waals surface area contributed by atoms with E-state index in [4.69, 9.17) is 11.6 Å². The number of aryl methyl sites for hydroxylation is 2. The molecule has 0 radical (unpaired) electrons. The number of fused-ring (bicyclic) bond motifs is 1. The Morgan fingerprint density at radius 1 is 1.35 bits per heavy atom. The van der Waals surface area contributed by atoms with Crippen LogP contribution in [0.3, 0.4) is 0 Å². The van der Waals surface area contributed by atoms with Gasteiger partial charge in [-0.2, -0.15) is 5.10 Å². The molecule has 104 valence electrons. The Kier molecular flexibility index (Phi) is 3.72. The van der Waals surface area contributed by atoms with E-state index >= 15 is 0 Å². The lowest BCUT2D eigenvalue weighted by Gasteiger charge is -2.06. The standard InChI is InChI=1S/C14H14ClIN4/c1-9-10(7-19(2)18-9)8-20-13-4-3-11(16)5-12(13)17-14(20)6-15/h3-5,7H,6,8H2,1-2H3. The third-order valence-electron chi connectivity index (χ3n) is 3.35. The smallest absolute Gasteiger partial charge is 0.125 e. The fourth-order valence-corrected chi connectivity index (χ4v) is 3.08. The van der Waals surface area contributed by atoms with Crippen LogP contribution < -0.4 is 0 Å². The zero-order valence-electron chi connectivity index (χ0n) is 11.3. The zero-order valence-corrected chi connectivity index (χ0v) is 14.2. The second-order valence-corrected chi connectivity index (χ2v) is 6.31. The van der Waals surface area contributed by atoms with Gasteiger partial charge in [-0.05, 0) is 47.7 Å². The maximum atomic E-state index is 6.05. The van der Waals surface area contributed by atoms with Gasteiger partial charge in [0.25, 0.3) is 0 Å². The molecular weight excluding hydrogens is 387 g/mol. The van der Waals surface area contributed by atoms with Crippen LogP contribution in [0.2, 0.25) is 0 Å². The number of aromatic nitrogens is 4. The number of nitrogens with zero attached hydrogens (tertiary/aromatic N) is 4. The Morgan fingerprint density at radius 3 is 2.80 bits per heavy atom. The summed E-state index contributed by atoms with van der Waals surface area (Å²) in [5.41, 5.74) is 4.34. The van der Waals surface area contributed by atoms with Gasteiger partial charge in [0.15, 0.2) is 0 Å². The highest BCUT2D eigenvalue weighted by atomic mass is 127. The summed E-state index contributed by atoms with van der Waals surface area (Å²) < 4.78 is 5.19. The van der Waals surface area contributed by atoms with Crippen molar-refractivity contribution in [3.05, 3.63) is 45.0 Å². The Bertz CT molecular complexity index is 775. The molecule has 0 aliphatic rings. The zero-order chi connectivity index (χ0) is 14.3. The number of hydrogen-bond acceptors (Lipinski definition) is 2. The summed E-state index contributed by atoms with van der Waals surface area (Å²) in [5.74, 6) is 1.30. The van der Waals surface area contributed by atoms with Crippen molar-refractivity contribution >= 4 is 45.2 Å². The molecule has 3 aromatic rings. The normalized spacial score (nSPS) is 11.4. The summed E-state index contributed by atoms with van der Waals surface area (Å²) >= 11 is 8.35. The topological polar surface area (TPSA) is 35.6 Å². The molecule has 0 N–H and O–H groups in total. The maximum Gasteiger partial charge on any atom is 0.125 e. The van der Waals surface area contributed by atoms with E-state index in [0.29, 0.717) is 5.88 Å². The van der Waals surface area contributed by atoms with Gasteiger partial charge >= 0.3 is 0 Å². The molecule has 4 nitrogen and oxygen atoms in total. The van der Waals surface area contributed by atoms with Crippen molar-refractivity contribution in [3.63, 3.8) is 0 Å². The minimum absolute atomic E-state index is 0.407. The van der Waals surface area contributed by atoms with Crippen molar-refractivity contribution in [1.82, 2.24) is 19.3 Å². The van der Waals surface area contributed by atoms with E-state index in [1.807, 2.05) is 24.9 Å². The average Bonchev–Trinajstić information content (AvgIpc) is 2.90. The first kappa shape index (κ1) is 13.9. The molecule has 0 fully saturated rings. The van der Waals surface area contributed by atoms with Crippen molar-refractivity contribution in [2.45, 2.75) is 19.3 Å². The van der Waals surface area contributed by atoms with Crippen molar-refractivity contribution in [2.75, 3.05) is 0 Å². The van der Waals surface area contributed by atoms with Crippen LogP contribution in [-0.2, 0) is 19.5 Å². The lowest BCUT2D eigenvalue weighted by molar-refractivity contribution is 0.754. The van der Waals surface area contributed by atoms with Gasteiger partial charge in [0, 0.05) is 22.4 Å². The summed E-state index contributed by atoms with van der Waals surface area (Å²) in [7, 11) is 1.94. The molecule has 0 bridgehead atoms. The van der Waals surface area contributed by atoms with Crippen LogP contribution in [0.15, 0.2) is 24.4 Å². The molecule has 0 saturated carbocycles. The SMILES string of the molecule is Cc1nn(C)cc1Cn1c(CCl)nc2cc(I)ccc21. The monoisotopic (exact) mass is 400 g/mol. The van der Waals surface area contributed by atoms with Gasteiger partial charge in [0.2, 0.25) is 0 Å². The van der Waals surface area contributed by atoms with E-state index in [9.17, 15) is 0 Å². The van der Waals surface area contributed by atoms with Crippen LogP contribution in [-0.4, -0.2) is 19.3 Å². The second kappa shape index (κ2) is 5.37. The van der Waals surface area contributed by atoms with Gasteiger partial charge in [-0.3, -0.25) is 4.68 Å². The van der Waals surface area contributed by atoms with Crippen molar-refractivity contribution in [2.24, 2.45) is 7.05 Å². The van der Waals surface area contributed by atoms with Crippen molar-refractivity contribution in [3.8, 4) is 0 Å². The highest BCUT2D eigenvalue weighted by Crippen LogP contribution is 2.22. The molecule has 0 aliphatic heterocycles. The first-order valence-electron chi connectivity index (χ1n) is 6.28. The lowest BCUT2D eigenvalue weighted by atomic mass is 10.2. The van der Waals surface area contributed by atoms with Gasteiger partial charge in [0.1, 0.15) is 5.82 Å². The second-order valence-electron chi connectivity index (χ2n) is 4.79. The molecule has 2 aromatic heterocycles. The van der Waals surface area contributed by atoms with E-state index < -0.39 is 0 Å². The molecule has 1 aromatic carbocycles. The van der Waals surface area contributed by atoms with Crippen LogP contribution in [0.1, 0.15) is 17.1 Å². The van der Waals surface area contributed by atoms with Gasteiger partial charge < -0.3 is 4.57 Å². The summed E-state index contributed by atoms with van der Waals surface area (Å²) in [6.07, 6.45) is 2.05. The van der Waals surface area contributed by atoms with E-state index in [1.165, 1.54) is 9.13 Å². The maximum absolute atomic E-state index is 6.05. The molecule has 0 saturated heterocycles. The third kappa shape index (κ3) is 2.44. The summed E-state index contributed by atoms with van der Waals surface area (Å²) in [6, 6.07) is 6.28. The average molecular weight is 401 g/mol. The van der Waals surface area contributed by atoms with Gasteiger partial charge in [-0.1, -0.05) is 0 Å². The molecule has 0 spiro atoms. The Morgan fingerprint density at radius 2 is 2.15 bits per heavy atom. The number of alkyl halides is 1. The number of hydrogen-bond donors (Lipinski definition) is 0. The summed E-state index contributed by atoms with van der Waals surface area (Å²) in [6.45, 7) is 2.77. The number of rotatable bonds is 3. The predicted octanol–water partition coefficient (Wildman–Crippen LogP) is 3.47. The molecule has 0 unspecified atom stereocenters. The van der Waals surface area contributed by atoms with E-state index in [2.05, 4.69) is 55.4 Å². The van der Waals surface area contributed by atoms with Crippen LogP contribution in [0, 0.1) is 10.5 Å². The van der Waals surface area contributed by atoms with E-state index in [-0.39, 0.29) is 0 Å². The van der Waals surface area contributed by atoms with Crippen molar-refractivity contribution < 1.29 is 0 Å². The molecular formula is C14H14ClIN4. The lowest BCUT2D eigenvalue weighted by Crippen LogP contribution is -2.04. The Hall–Kier alpha value is -1.08. The molecule has 3 rings (SSSR count). The third-order valence-corrected chi connectivity index (χ3v) is 4.26. The quantitative estimate of drug-likeness (QED) is 0.498. The first-order valence-corrected chi connectivity index (χ1v) is 7.89. The summed E-state index contributed by atoms with van der Waals surface area (Å²) in [4.78, 5) is 4.62. The highest BCUT2D eigenvalue weighted by Gasteiger charge is 2.13. The minimum Gasteiger partial charge on any atom is -0.322 e. The van der Waals surface area contributed by atoms with Crippen LogP contribution >= 0.6 is 34.2 Å².